The molecule has 2 rings (SSSR count). The van der Waals surface area contributed by atoms with E-state index in [1.54, 1.807) is 0 Å². The van der Waals surface area contributed by atoms with Crippen molar-refractivity contribution < 1.29 is 4.79 Å². The Bertz CT molecular complexity index is 238. The lowest BCUT2D eigenvalue weighted by atomic mass is 9.80. The topological polar surface area (TPSA) is 41.1 Å². The van der Waals surface area contributed by atoms with E-state index in [-0.39, 0.29) is 6.03 Å². The van der Waals surface area contributed by atoms with E-state index in [0.717, 1.165) is 25.2 Å². The molecular formula is C12H22N2O. The first-order valence-corrected chi connectivity index (χ1v) is 6.22. The third-order valence-electron chi connectivity index (χ3n) is 3.66. The average molecular weight is 210 g/mol. The van der Waals surface area contributed by atoms with E-state index in [2.05, 4.69) is 24.5 Å². The zero-order valence-electron chi connectivity index (χ0n) is 9.75. The van der Waals surface area contributed by atoms with Crippen molar-refractivity contribution >= 4 is 6.03 Å². The molecule has 0 radical (unpaired) electrons. The van der Waals surface area contributed by atoms with Crippen LogP contribution in [0.5, 0.6) is 0 Å². The monoisotopic (exact) mass is 210 g/mol. The molecule has 3 nitrogen and oxygen atoms in total. The van der Waals surface area contributed by atoms with Crippen LogP contribution in [0.1, 0.15) is 46.0 Å². The smallest absolute Gasteiger partial charge is 0.315 e. The number of carbonyl (C=O) groups excluding carboxylic acids is 1. The molecule has 86 valence electrons. The van der Waals surface area contributed by atoms with Gasteiger partial charge in [-0.05, 0) is 43.9 Å². The highest BCUT2D eigenvalue weighted by molar-refractivity contribution is 5.74. The summed E-state index contributed by atoms with van der Waals surface area (Å²) in [6.45, 7) is 4.55. The summed E-state index contributed by atoms with van der Waals surface area (Å²) in [5.74, 6) is 1.45. The number of hydrogen-bond acceptors (Lipinski definition) is 1. The van der Waals surface area contributed by atoms with Crippen molar-refractivity contribution in [1.82, 2.24) is 10.6 Å². The molecular weight excluding hydrogens is 188 g/mol. The highest BCUT2D eigenvalue weighted by Crippen LogP contribution is 2.28. The van der Waals surface area contributed by atoms with Gasteiger partial charge in [-0.15, -0.1) is 0 Å². The molecule has 2 N–H and O–H groups in total. The first-order chi connectivity index (χ1) is 7.15. The van der Waals surface area contributed by atoms with Crippen molar-refractivity contribution in [1.29, 1.82) is 0 Å². The maximum Gasteiger partial charge on any atom is 0.315 e. The van der Waals surface area contributed by atoms with Crippen molar-refractivity contribution in [3.8, 4) is 0 Å². The number of amides is 2. The van der Waals surface area contributed by atoms with Crippen LogP contribution in [0.3, 0.4) is 0 Å². The largest absolute Gasteiger partial charge is 0.335 e. The number of hydrogen-bond donors (Lipinski definition) is 2. The van der Waals surface area contributed by atoms with Gasteiger partial charge in [0.05, 0.1) is 0 Å². The van der Waals surface area contributed by atoms with Crippen molar-refractivity contribution in [3.63, 3.8) is 0 Å². The molecule has 0 bridgehead atoms. The molecule has 3 unspecified atom stereocenters. The van der Waals surface area contributed by atoms with Crippen molar-refractivity contribution in [2.75, 3.05) is 0 Å². The molecule has 0 aromatic heterocycles. The van der Waals surface area contributed by atoms with Gasteiger partial charge in [-0.25, -0.2) is 4.79 Å². The van der Waals surface area contributed by atoms with Crippen LogP contribution < -0.4 is 10.6 Å². The minimum Gasteiger partial charge on any atom is -0.335 e. The van der Waals surface area contributed by atoms with Crippen molar-refractivity contribution in [2.24, 2.45) is 11.8 Å². The second-order valence-corrected chi connectivity index (χ2v) is 5.39. The lowest BCUT2D eigenvalue weighted by molar-refractivity contribution is 0.206. The van der Waals surface area contributed by atoms with Gasteiger partial charge in [-0.1, -0.05) is 13.8 Å². The second kappa shape index (κ2) is 4.42. The Kier molecular flexibility index (Phi) is 3.17. The highest BCUT2D eigenvalue weighted by atomic mass is 16.2. The Balaban J connectivity index is 1.75. The molecule has 0 aliphatic heterocycles. The zero-order valence-corrected chi connectivity index (χ0v) is 9.75. The predicted octanol–water partition coefficient (Wildman–Crippen LogP) is 2.27. The summed E-state index contributed by atoms with van der Waals surface area (Å²) in [7, 11) is 0. The van der Waals surface area contributed by atoms with Gasteiger partial charge in [0.1, 0.15) is 0 Å². The van der Waals surface area contributed by atoms with Crippen LogP contribution >= 0.6 is 0 Å². The van der Waals surface area contributed by atoms with E-state index >= 15 is 0 Å². The van der Waals surface area contributed by atoms with Crippen LogP contribution in [0.4, 0.5) is 4.79 Å². The van der Waals surface area contributed by atoms with Gasteiger partial charge in [0, 0.05) is 12.1 Å². The minimum atomic E-state index is 0.0453. The van der Waals surface area contributed by atoms with E-state index < -0.39 is 0 Å². The van der Waals surface area contributed by atoms with Crippen LogP contribution in [-0.2, 0) is 0 Å². The summed E-state index contributed by atoms with van der Waals surface area (Å²) >= 11 is 0. The fraction of sp³-hybridized carbons (Fsp3) is 0.917. The summed E-state index contributed by atoms with van der Waals surface area (Å²) < 4.78 is 0. The second-order valence-electron chi connectivity index (χ2n) is 5.39. The summed E-state index contributed by atoms with van der Waals surface area (Å²) in [6, 6.07) is 0.895. The first kappa shape index (κ1) is 10.8. The summed E-state index contributed by atoms with van der Waals surface area (Å²) in [6.07, 6.45) is 5.95. The Morgan fingerprint density at radius 2 is 1.80 bits per heavy atom. The molecule has 0 aromatic carbocycles. The zero-order chi connectivity index (χ0) is 10.8. The third-order valence-corrected chi connectivity index (χ3v) is 3.66. The van der Waals surface area contributed by atoms with Crippen LogP contribution in [0.25, 0.3) is 0 Å². The molecule has 0 aromatic rings. The van der Waals surface area contributed by atoms with Gasteiger partial charge in [-0.3, -0.25) is 0 Å². The van der Waals surface area contributed by atoms with Crippen molar-refractivity contribution in [2.45, 2.75) is 58.0 Å². The van der Waals surface area contributed by atoms with Gasteiger partial charge in [0.2, 0.25) is 0 Å². The predicted molar refractivity (Wildman–Crippen MR) is 60.7 cm³/mol. The molecule has 0 saturated heterocycles. The van der Waals surface area contributed by atoms with E-state index in [1.807, 2.05) is 0 Å². The molecule has 3 heteroatoms. The summed E-state index contributed by atoms with van der Waals surface area (Å²) in [4.78, 5) is 11.6. The quantitative estimate of drug-likeness (QED) is 0.721. The molecule has 15 heavy (non-hydrogen) atoms. The van der Waals surface area contributed by atoms with E-state index in [1.165, 1.54) is 12.8 Å². The lowest BCUT2D eigenvalue weighted by Gasteiger charge is -2.33. The number of nitrogens with one attached hydrogen (secondary N) is 2. The Morgan fingerprint density at radius 1 is 1.07 bits per heavy atom. The average Bonchev–Trinajstić information content (AvgIpc) is 2.94. The van der Waals surface area contributed by atoms with E-state index in [4.69, 9.17) is 0 Å². The Labute approximate surface area is 92.0 Å². The molecule has 2 aliphatic carbocycles. The van der Waals surface area contributed by atoms with Crippen LogP contribution in [0, 0.1) is 11.8 Å². The molecule has 3 atom stereocenters. The fourth-order valence-electron chi connectivity index (χ4n) is 2.50. The van der Waals surface area contributed by atoms with Gasteiger partial charge < -0.3 is 10.6 Å². The van der Waals surface area contributed by atoms with E-state index in [9.17, 15) is 4.79 Å². The standard InChI is InChI=1S/C12H22N2O/c1-8-3-6-11(9(2)7-8)14-12(15)13-10-4-5-10/h8-11H,3-7H2,1-2H3,(H2,13,14,15). The van der Waals surface area contributed by atoms with Gasteiger partial charge in [-0.2, -0.15) is 0 Å². The normalized spacial score (nSPS) is 36.0. The van der Waals surface area contributed by atoms with Gasteiger partial charge in [0.25, 0.3) is 0 Å². The first-order valence-electron chi connectivity index (χ1n) is 6.22. The third kappa shape index (κ3) is 3.11. The molecule has 2 aliphatic rings. The van der Waals surface area contributed by atoms with Gasteiger partial charge in [0.15, 0.2) is 0 Å². The Hall–Kier alpha value is -0.730. The molecule has 0 spiro atoms. The number of rotatable bonds is 2. The molecule has 0 heterocycles. The maximum atomic E-state index is 11.6. The summed E-state index contributed by atoms with van der Waals surface area (Å²) in [5, 5.41) is 6.09. The van der Waals surface area contributed by atoms with Crippen LogP contribution in [0.15, 0.2) is 0 Å². The van der Waals surface area contributed by atoms with Gasteiger partial charge >= 0.3 is 6.03 Å². The van der Waals surface area contributed by atoms with Crippen LogP contribution in [0.2, 0.25) is 0 Å². The Morgan fingerprint density at radius 3 is 2.40 bits per heavy atom. The number of carbonyl (C=O) groups is 1. The van der Waals surface area contributed by atoms with Crippen molar-refractivity contribution in [3.05, 3.63) is 0 Å². The minimum absolute atomic E-state index is 0.0453. The highest BCUT2D eigenvalue weighted by Gasteiger charge is 2.28. The maximum absolute atomic E-state index is 11.6. The number of urea groups is 1. The molecule has 2 saturated carbocycles. The molecule has 2 fully saturated rings. The molecule has 2 amide bonds. The van der Waals surface area contributed by atoms with E-state index in [0.29, 0.717) is 18.0 Å². The fourth-order valence-corrected chi connectivity index (χ4v) is 2.50. The lowest BCUT2D eigenvalue weighted by Crippen LogP contribution is -2.47. The van der Waals surface area contributed by atoms with Crippen LogP contribution in [-0.4, -0.2) is 18.1 Å². The summed E-state index contributed by atoms with van der Waals surface area (Å²) in [5.41, 5.74) is 0. The SMILES string of the molecule is CC1CCC(NC(=O)NC2CC2)C(C)C1.